The zero-order valence-corrected chi connectivity index (χ0v) is 9.22. The van der Waals surface area contributed by atoms with Crippen LogP contribution in [0.15, 0.2) is 37.1 Å². The number of imidazole rings is 1. The van der Waals surface area contributed by atoms with Gasteiger partial charge in [0.15, 0.2) is 0 Å². The van der Waals surface area contributed by atoms with E-state index in [1.54, 1.807) is 12.4 Å². The van der Waals surface area contributed by atoms with E-state index >= 15 is 0 Å². The van der Waals surface area contributed by atoms with Crippen LogP contribution in [0.5, 0.6) is 0 Å². The van der Waals surface area contributed by atoms with Crippen LogP contribution in [0.2, 0.25) is 0 Å². The lowest BCUT2D eigenvalue weighted by molar-refractivity contribution is 0.727. The van der Waals surface area contributed by atoms with E-state index in [9.17, 15) is 0 Å². The number of hydrogen-bond donors (Lipinski definition) is 2. The van der Waals surface area contributed by atoms with Crippen molar-refractivity contribution < 1.29 is 0 Å². The van der Waals surface area contributed by atoms with Crippen molar-refractivity contribution in [1.29, 1.82) is 0 Å². The summed E-state index contributed by atoms with van der Waals surface area (Å²) in [6.07, 6.45) is 7.33. The molecule has 2 heterocycles. The second-order valence-corrected chi connectivity index (χ2v) is 3.41. The smallest absolute Gasteiger partial charge is 0.127 e. The third-order valence-electron chi connectivity index (χ3n) is 2.27. The molecule has 2 N–H and O–H groups in total. The highest BCUT2D eigenvalue weighted by Gasteiger charge is 1.94. The number of nitrogens with one attached hydrogen (secondary N) is 2. The molecule has 0 bridgehead atoms. The molecule has 2 aromatic heterocycles. The minimum Gasteiger partial charge on any atom is -0.383 e. The Morgan fingerprint density at radius 1 is 1.38 bits per heavy atom. The van der Waals surface area contributed by atoms with E-state index in [0.29, 0.717) is 0 Å². The highest BCUT2D eigenvalue weighted by Crippen LogP contribution is 2.10. The van der Waals surface area contributed by atoms with Crippen LogP contribution in [0.1, 0.15) is 0 Å². The van der Waals surface area contributed by atoms with Crippen LogP contribution in [0.3, 0.4) is 0 Å². The number of hydrogen-bond acceptors (Lipinski definition) is 4. The first kappa shape index (κ1) is 10.5. The van der Waals surface area contributed by atoms with Crippen LogP contribution in [0.25, 0.3) is 0 Å². The van der Waals surface area contributed by atoms with E-state index in [0.717, 1.165) is 24.6 Å². The van der Waals surface area contributed by atoms with Gasteiger partial charge in [-0.25, -0.2) is 9.97 Å². The second-order valence-electron chi connectivity index (χ2n) is 3.41. The quantitative estimate of drug-likeness (QED) is 0.795. The molecule has 5 heteroatoms. The van der Waals surface area contributed by atoms with Crippen molar-refractivity contribution in [2.45, 2.75) is 6.54 Å². The van der Waals surface area contributed by atoms with Crippen LogP contribution >= 0.6 is 0 Å². The van der Waals surface area contributed by atoms with Gasteiger partial charge in [0.2, 0.25) is 0 Å². The summed E-state index contributed by atoms with van der Waals surface area (Å²) in [6, 6.07) is 3.93. The molecule has 5 nitrogen and oxygen atoms in total. The second kappa shape index (κ2) is 5.16. The summed E-state index contributed by atoms with van der Waals surface area (Å²) >= 11 is 0. The highest BCUT2D eigenvalue weighted by atomic mass is 15.0. The minimum atomic E-state index is 0.865. The van der Waals surface area contributed by atoms with Crippen molar-refractivity contribution in [3.8, 4) is 0 Å². The summed E-state index contributed by atoms with van der Waals surface area (Å²) in [5.74, 6) is 0.868. The van der Waals surface area contributed by atoms with Gasteiger partial charge in [-0.2, -0.15) is 0 Å². The SMILES string of the molecule is CNc1cc(NCCn2ccnc2)ccn1. The van der Waals surface area contributed by atoms with Gasteiger partial charge in [-0.1, -0.05) is 0 Å². The molecule has 0 amide bonds. The normalized spacial score (nSPS) is 10.1. The summed E-state index contributed by atoms with van der Waals surface area (Å²) in [7, 11) is 1.86. The van der Waals surface area contributed by atoms with Crippen LogP contribution < -0.4 is 10.6 Å². The minimum absolute atomic E-state index is 0.865. The van der Waals surface area contributed by atoms with Crippen molar-refractivity contribution in [3.05, 3.63) is 37.1 Å². The number of pyridine rings is 1. The largest absolute Gasteiger partial charge is 0.383 e. The van der Waals surface area contributed by atoms with Crippen molar-refractivity contribution in [3.63, 3.8) is 0 Å². The van der Waals surface area contributed by atoms with E-state index in [4.69, 9.17) is 0 Å². The summed E-state index contributed by atoms with van der Waals surface area (Å²) in [4.78, 5) is 8.14. The van der Waals surface area contributed by atoms with Gasteiger partial charge in [-0.05, 0) is 6.07 Å². The van der Waals surface area contributed by atoms with Crippen molar-refractivity contribution in [2.75, 3.05) is 24.2 Å². The first-order valence-electron chi connectivity index (χ1n) is 5.22. The molecule has 0 atom stereocenters. The van der Waals surface area contributed by atoms with Gasteiger partial charge >= 0.3 is 0 Å². The van der Waals surface area contributed by atoms with E-state index in [1.807, 2.05) is 36.3 Å². The fourth-order valence-electron chi connectivity index (χ4n) is 1.43. The molecular weight excluding hydrogens is 202 g/mol. The van der Waals surface area contributed by atoms with Crippen LogP contribution in [0, 0.1) is 0 Å². The highest BCUT2D eigenvalue weighted by molar-refractivity contribution is 5.51. The van der Waals surface area contributed by atoms with Gasteiger partial charge in [0, 0.05) is 50.5 Å². The Balaban J connectivity index is 1.85. The van der Waals surface area contributed by atoms with E-state index in [1.165, 1.54) is 0 Å². The van der Waals surface area contributed by atoms with E-state index in [2.05, 4.69) is 20.6 Å². The monoisotopic (exact) mass is 217 g/mol. The molecule has 0 radical (unpaired) electrons. The molecule has 0 saturated heterocycles. The molecule has 0 aliphatic carbocycles. The van der Waals surface area contributed by atoms with Crippen molar-refractivity contribution in [2.24, 2.45) is 0 Å². The number of anilines is 2. The van der Waals surface area contributed by atoms with Gasteiger partial charge in [0.05, 0.1) is 6.33 Å². The summed E-state index contributed by atoms with van der Waals surface area (Å²) in [5, 5.41) is 6.33. The number of nitrogens with zero attached hydrogens (tertiary/aromatic N) is 3. The Morgan fingerprint density at radius 2 is 2.31 bits per heavy atom. The average molecular weight is 217 g/mol. The predicted molar refractivity (Wildman–Crippen MR) is 64.5 cm³/mol. The van der Waals surface area contributed by atoms with E-state index < -0.39 is 0 Å². The third kappa shape index (κ3) is 2.73. The fourth-order valence-corrected chi connectivity index (χ4v) is 1.43. The maximum Gasteiger partial charge on any atom is 0.127 e. The average Bonchev–Trinajstić information content (AvgIpc) is 2.82. The molecule has 0 spiro atoms. The number of rotatable bonds is 5. The predicted octanol–water partition coefficient (Wildman–Crippen LogP) is 1.43. The molecule has 84 valence electrons. The molecule has 0 aromatic carbocycles. The lowest BCUT2D eigenvalue weighted by atomic mass is 10.4. The summed E-state index contributed by atoms with van der Waals surface area (Å²) < 4.78 is 2.03. The van der Waals surface area contributed by atoms with Crippen molar-refractivity contribution >= 4 is 11.5 Å². The molecule has 0 fully saturated rings. The number of aromatic nitrogens is 3. The Morgan fingerprint density at radius 3 is 3.06 bits per heavy atom. The first-order chi connectivity index (χ1) is 7.88. The van der Waals surface area contributed by atoms with Gasteiger partial charge < -0.3 is 15.2 Å². The van der Waals surface area contributed by atoms with Crippen LogP contribution in [-0.4, -0.2) is 28.1 Å². The molecule has 16 heavy (non-hydrogen) atoms. The molecule has 0 aliphatic heterocycles. The topological polar surface area (TPSA) is 54.8 Å². The Labute approximate surface area is 94.5 Å². The third-order valence-corrected chi connectivity index (χ3v) is 2.27. The summed E-state index contributed by atoms with van der Waals surface area (Å²) in [6.45, 7) is 1.76. The van der Waals surface area contributed by atoms with Gasteiger partial charge in [-0.3, -0.25) is 0 Å². The Kier molecular flexibility index (Phi) is 3.38. The molecule has 0 saturated carbocycles. The van der Waals surface area contributed by atoms with Crippen LogP contribution in [-0.2, 0) is 6.54 Å². The van der Waals surface area contributed by atoms with Gasteiger partial charge in [-0.15, -0.1) is 0 Å². The Bertz CT molecular complexity index is 424. The van der Waals surface area contributed by atoms with Crippen molar-refractivity contribution in [1.82, 2.24) is 14.5 Å². The van der Waals surface area contributed by atoms with E-state index in [-0.39, 0.29) is 0 Å². The lowest BCUT2D eigenvalue weighted by Gasteiger charge is -2.07. The maximum atomic E-state index is 4.15. The molecule has 2 rings (SSSR count). The molecule has 0 unspecified atom stereocenters. The van der Waals surface area contributed by atoms with Gasteiger partial charge in [0.1, 0.15) is 5.82 Å². The van der Waals surface area contributed by atoms with Gasteiger partial charge in [0.25, 0.3) is 0 Å². The van der Waals surface area contributed by atoms with Crippen LogP contribution in [0.4, 0.5) is 11.5 Å². The zero-order valence-electron chi connectivity index (χ0n) is 9.22. The maximum absolute atomic E-state index is 4.15. The molecule has 0 aliphatic rings. The first-order valence-corrected chi connectivity index (χ1v) is 5.22. The standard InChI is InChI=1S/C11H15N5/c1-12-11-8-10(2-3-15-11)14-5-7-16-6-4-13-9-16/h2-4,6,8-9H,5,7H2,1H3,(H2,12,14,15). The summed E-state index contributed by atoms with van der Waals surface area (Å²) in [5.41, 5.74) is 1.07. The lowest BCUT2D eigenvalue weighted by Crippen LogP contribution is -2.09. The zero-order chi connectivity index (χ0) is 11.2. The Hall–Kier alpha value is -2.04. The molecular formula is C11H15N5. The fraction of sp³-hybridized carbons (Fsp3) is 0.273. The molecule has 2 aromatic rings.